The second-order valence-electron chi connectivity index (χ2n) is 9.36. The lowest BCUT2D eigenvalue weighted by Crippen LogP contribution is -2.27. The maximum absolute atomic E-state index is 11.7. The van der Waals surface area contributed by atoms with E-state index in [4.69, 9.17) is 9.73 Å². The van der Waals surface area contributed by atoms with Crippen molar-refractivity contribution in [2.75, 3.05) is 19.5 Å². The van der Waals surface area contributed by atoms with Crippen LogP contribution in [0.25, 0.3) is 0 Å². The van der Waals surface area contributed by atoms with Crippen LogP contribution in [-0.2, 0) is 24.2 Å². The van der Waals surface area contributed by atoms with Crippen molar-refractivity contribution in [2.24, 2.45) is 4.99 Å². The van der Waals surface area contributed by atoms with Crippen molar-refractivity contribution in [1.82, 2.24) is 4.90 Å². The molecule has 39 heavy (non-hydrogen) atoms. The highest BCUT2D eigenvalue weighted by atomic mass is 16.5. The van der Waals surface area contributed by atoms with Gasteiger partial charge in [0.2, 0.25) is 5.91 Å². The summed E-state index contributed by atoms with van der Waals surface area (Å²) < 4.78 is 5.70. The molecule has 1 amide bonds. The molecule has 0 aliphatic rings. The highest BCUT2D eigenvalue weighted by molar-refractivity contribution is 6.01. The van der Waals surface area contributed by atoms with Gasteiger partial charge in [-0.15, -0.1) is 0 Å². The second-order valence-corrected chi connectivity index (χ2v) is 9.36. The van der Waals surface area contributed by atoms with Gasteiger partial charge in [0.1, 0.15) is 11.6 Å². The maximum Gasteiger partial charge on any atom is 0.221 e. The molecule has 0 atom stereocenters. The predicted octanol–water partition coefficient (Wildman–Crippen LogP) is 6.46. The van der Waals surface area contributed by atoms with Crippen LogP contribution in [0.15, 0.2) is 102 Å². The molecule has 4 aromatic carbocycles. The molecular formula is C33H33N3O3. The molecule has 0 heterocycles. The van der Waals surface area contributed by atoms with Gasteiger partial charge >= 0.3 is 0 Å². The van der Waals surface area contributed by atoms with Crippen molar-refractivity contribution in [3.05, 3.63) is 125 Å². The molecule has 1 N–H and O–H groups in total. The molecule has 6 nitrogen and oxygen atoms in total. The number of rotatable bonds is 10. The van der Waals surface area contributed by atoms with Gasteiger partial charge in [-0.05, 0) is 72.0 Å². The Morgan fingerprint density at radius 1 is 0.897 bits per heavy atom. The number of amidine groups is 1. The summed E-state index contributed by atoms with van der Waals surface area (Å²) in [5, 5.41) is 2.80. The van der Waals surface area contributed by atoms with Crippen molar-refractivity contribution in [3.63, 3.8) is 0 Å². The number of para-hydroxylation sites is 1. The zero-order chi connectivity index (χ0) is 27.6. The monoisotopic (exact) mass is 519 g/mol. The van der Waals surface area contributed by atoms with Gasteiger partial charge in [0.15, 0.2) is 6.29 Å². The predicted molar refractivity (Wildman–Crippen MR) is 157 cm³/mol. The van der Waals surface area contributed by atoms with Gasteiger partial charge in [-0.1, -0.05) is 54.6 Å². The summed E-state index contributed by atoms with van der Waals surface area (Å²) in [6.07, 6.45) is 2.40. The second kappa shape index (κ2) is 13.2. The van der Waals surface area contributed by atoms with Gasteiger partial charge in [-0.2, -0.15) is 0 Å². The zero-order valence-electron chi connectivity index (χ0n) is 22.6. The Bertz CT molecular complexity index is 1450. The zero-order valence-corrected chi connectivity index (χ0v) is 22.6. The molecule has 0 aromatic heterocycles. The number of aldehydes is 1. The maximum atomic E-state index is 11.7. The van der Waals surface area contributed by atoms with Crippen LogP contribution in [0.1, 0.15) is 39.5 Å². The number of anilines is 1. The van der Waals surface area contributed by atoms with Gasteiger partial charge in [0, 0.05) is 37.3 Å². The Labute approximate surface area is 230 Å². The molecule has 198 valence electrons. The summed E-state index contributed by atoms with van der Waals surface area (Å²) in [6.45, 7) is 2.16. The largest absolute Gasteiger partial charge is 0.496 e. The van der Waals surface area contributed by atoms with E-state index in [1.165, 1.54) is 6.92 Å². The topological polar surface area (TPSA) is 71.0 Å². The molecular weight excluding hydrogens is 486 g/mol. The Morgan fingerprint density at radius 3 is 2.31 bits per heavy atom. The third kappa shape index (κ3) is 7.42. The average molecular weight is 520 g/mol. The molecule has 0 aliphatic carbocycles. The van der Waals surface area contributed by atoms with Crippen molar-refractivity contribution < 1.29 is 14.3 Å². The van der Waals surface area contributed by atoms with Crippen LogP contribution in [0, 0.1) is 0 Å². The lowest BCUT2D eigenvalue weighted by atomic mass is 10.0. The third-order valence-corrected chi connectivity index (χ3v) is 6.41. The fourth-order valence-electron chi connectivity index (χ4n) is 4.46. The fourth-order valence-corrected chi connectivity index (χ4v) is 4.46. The van der Waals surface area contributed by atoms with E-state index in [1.54, 1.807) is 13.2 Å². The molecule has 4 rings (SSSR count). The molecule has 6 heteroatoms. The van der Waals surface area contributed by atoms with Gasteiger partial charge in [0.05, 0.1) is 12.8 Å². The van der Waals surface area contributed by atoms with Gasteiger partial charge in [-0.25, -0.2) is 4.99 Å². The van der Waals surface area contributed by atoms with E-state index in [0.717, 1.165) is 58.7 Å². The first-order chi connectivity index (χ1) is 19.0. The van der Waals surface area contributed by atoms with Crippen LogP contribution in [0.5, 0.6) is 5.75 Å². The van der Waals surface area contributed by atoms with Crippen LogP contribution in [0.3, 0.4) is 0 Å². The lowest BCUT2D eigenvalue weighted by Gasteiger charge is -2.23. The van der Waals surface area contributed by atoms with E-state index < -0.39 is 0 Å². The quantitative estimate of drug-likeness (QED) is 0.148. The number of aryl methyl sites for hydroxylation is 2. The normalized spacial score (nSPS) is 11.1. The highest BCUT2D eigenvalue weighted by Gasteiger charge is 2.15. The Hall–Kier alpha value is -4.71. The van der Waals surface area contributed by atoms with Gasteiger partial charge in [0.25, 0.3) is 0 Å². The van der Waals surface area contributed by atoms with Crippen molar-refractivity contribution in [3.8, 4) is 5.75 Å². The summed E-state index contributed by atoms with van der Waals surface area (Å²) in [7, 11) is 3.69. The smallest absolute Gasteiger partial charge is 0.221 e. The van der Waals surface area contributed by atoms with Gasteiger partial charge in [-0.3, -0.25) is 9.59 Å². The van der Waals surface area contributed by atoms with Crippen LogP contribution >= 0.6 is 0 Å². The standard InChI is InChI=1S/C33H33N3O3/c1-24(38)34-30-18-14-25(15-19-30)13-16-27-21-28(17-20-32(27)39-3)33(35-31-12-8-7-11-29(31)23-37)36(2)22-26-9-5-4-6-10-26/h4-12,14-15,17-21,23H,13,16,22H2,1-3H3,(H,34,38). The molecule has 0 bridgehead atoms. The molecule has 4 aromatic rings. The van der Waals surface area contributed by atoms with E-state index in [0.29, 0.717) is 17.8 Å². The van der Waals surface area contributed by atoms with Crippen LogP contribution in [-0.4, -0.2) is 37.1 Å². The summed E-state index contributed by atoms with van der Waals surface area (Å²) in [4.78, 5) is 30.1. The number of methoxy groups -OCH3 is 1. The molecule has 0 unspecified atom stereocenters. The highest BCUT2D eigenvalue weighted by Crippen LogP contribution is 2.26. The van der Waals surface area contributed by atoms with Crippen molar-refractivity contribution in [1.29, 1.82) is 0 Å². The van der Waals surface area contributed by atoms with Crippen LogP contribution in [0.4, 0.5) is 11.4 Å². The molecule has 0 fully saturated rings. The number of carbonyl (C=O) groups is 2. The minimum Gasteiger partial charge on any atom is -0.496 e. The first-order valence-electron chi connectivity index (χ1n) is 12.9. The number of hydrogen-bond donors (Lipinski definition) is 1. The summed E-state index contributed by atoms with van der Waals surface area (Å²) >= 11 is 0. The van der Waals surface area contributed by atoms with E-state index in [-0.39, 0.29) is 5.91 Å². The van der Waals surface area contributed by atoms with Crippen molar-refractivity contribution >= 4 is 29.4 Å². The fraction of sp³-hybridized carbons (Fsp3) is 0.182. The van der Waals surface area contributed by atoms with E-state index in [9.17, 15) is 9.59 Å². The molecule has 0 spiro atoms. The Balaban J connectivity index is 1.66. The minimum absolute atomic E-state index is 0.0882. The summed E-state index contributed by atoms with van der Waals surface area (Å²) in [5.74, 6) is 1.48. The number of ether oxygens (including phenoxy) is 1. The number of aliphatic imine (C=N–C) groups is 1. The Morgan fingerprint density at radius 2 is 1.62 bits per heavy atom. The van der Waals surface area contributed by atoms with E-state index in [1.807, 2.05) is 79.8 Å². The van der Waals surface area contributed by atoms with E-state index in [2.05, 4.69) is 28.4 Å². The number of nitrogens with zero attached hydrogens (tertiary/aromatic N) is 2. The molecule has 0 aliphatic heterocycles. The molecule has 0 radical (unpaired) electrons. The Kier molecular flexibility index (Phi) is 9.25. The number of nitrogens with one attached hydrogen (secondary N) is 1. The molecule has 0 saturated carbocycles. The van der Waals surface area contributed by atoms with Crippen molar-refractivity contribution in [2.45, 2.75) is 26.3 Å². The lowest BCUT2D eigenvalue weighted by molar-refractivity contribution is -0.114. The molecule has 0 saturated heterocycles. The van der Waals surface area contributed by atoms with Crippen LogP contribution in [0.2, 0.25) is 0 Å². The summed E-state index contributed by atoms with van der Waals surface area (Å²) in [5.41, 5.74) is 6.26. The summed E-state index contributed by atoms with van der Waals surface area (Å²) in [6, 6.07) is 31.6. The third-order valence-electron chi connectivity index (χ3n) is 6.41. The number of carbonyl (C=O) groups excluding carboxylic acids is 2. The SMILES string of the molecule is COc1ccc(C(=Nc2ccccc2C=O)N(C)Cc2ccccc2)cc1CCc1ccc(NC(C)=O)cc1. The first kappa shape index (κ1) is 27.3. The minimum atomic E-state index is -0.0882. The first-order valence-corrected chi connectivity index (χ1v) is 12.9. The van der Waals surface area contributed by atoms with Gasteiger partial charge < -0.3 is 15.0 Å². The van der Waals surface area contributed by atoms with Crippen LogP contribution < -0.4 is 10.1 Å². The average Bonchev–Trinajstić information content (AvgIpc) is 2.95. The number of hydrogen-bond acceptors (Lipinski definition) is 4. The number of amides is 1. The number of benzene rings is 4. The van der Waals surface area contributed by atoms with E-state index >= 15 is 0 Å².